The Morgan fingerprint density at radius 3 is 2.65 bits per heavy atom. The lowest BCUT2D eigenvalue weighted by Crippen LogP contribution is -1.95. The molecule has 0 unspecified atom stereocenters. The number of aryl methyl sites for hydroxylation is 1. The zero-order chi connectivity index (χ0) is 14.1. The number of H-pyrrole nitrogens is 1. The molecule has 0 saturated heterocycles. The van der Waals surface area contributed by atoms with Crippen LogP contribution in [-0.4, -0.2) is 22.3 Å². The normalized spacial score (nSPS) is 10.4. The van der Waals surface area contributed by atoms with E-state index in [0.717, 1.165) is 22.3 Å². The Bertz CT molecular complexity index is 812. The molecule has 5 heteroatoms. The predicted octanol–water partition coefficient (Wildman–Crippen LogP) is 2.81. The first-order chi connectivity index (χ1) is 9.74. The van der Waals surface area contributed by atoms with Crippen molar-refractivity contribution in [1.82, 2.24) is 15.2 Å². The van der Waals surface area contributed by atoms with Crippen molar-refractivity contribution in [2.24, 2.45) is 0 Å². The van der Waals surface area contributed by atoms with Crippen molar-refractivity contribution in [2.45, 2.75) is 6.92 Å². The van der Waals surface area contributed by atoms with E-state index >= 15 is 0 Å². The second-order valence-electron chi connectivity index (χ2n) is 4.43. The topological polar surface area (TPSA) is 74.6 Å². The van der Waals surface area contributed by atoms with Gasteiger partial charge in [-0.25, -0.2) is 4.98 Å². The smallest absolute Gasteiger partial charge is 0.156 e. The van der Waals surface area contributed by atoms with Crippen molar-refractivity contribution in [2.75, 3.05) is 7.11 Å². The van der Waals surface area contributed by atoms with Crippen LogP contribution in [0, 0.1) is 18.3 Å². The van der Waals surface area contributed by atoms with E-state index in [0.29, 0.717) is 16.9 Å². The monoisotopic (exact) mass is 264 g/mol. The molecule has 0 spiro atoms. The molecule has 1 N–H and O–H groups in total. The summed E-state index contributed by atoms with van der Waals surface area (Å²) < 4.78 is 5.14. The van der Waals surface area contributed by atoms with Gasteiger partial charge < -0.3 is 4.74 Å². The maximum Gasteiger partial charge on any atom is 0.156 e. The number of hydrogen-bond acceptors (Lipinski definition) is 4. The Hall–Kier alpha value is -2.87. The van der Waals surface area contributed by atoms with Crippen LogP contribution in [-0.2, 0) is 0 Å². The van der Waals surface area contributed by atoms with Gasteiger partial charge in [-0.2, -0.15) is 10.4 Å². The van der Waals surface area contributed by atoms with Gasteiger partial charge in [0.25, 0.3) is 0 Å². The summed E-state index contributed by atoms with van der Waals surface area (Å²) in [5.74, 6) is 0.770. The van der Waals surface area contributed by atoms with Crippen LogP contribution >= 0.6 is 0 Å². The lowest BCUT2D eigenvalue weighted by Gasteiger charge is -2.08. The summed E-state index contributed by atoms with van der Waals surface area (Å²) in [4.78, 5) is 4.51. The minimum absolute atomic E-state index is 0.573. The van der Waals surface area contributed by atoms with Crippen LogP contribution in [0.2, 0.25) is 0 Å². The molecule has 98 valence electrons. The fourth-order valence-electron chi connectivity index (χ4n) is 2.21. The average Bonchev–Trinajstić information content (AvgIpc) is 2.96. The maximum absolute atomic E-state index is 9.41. The maximum atomic E-state index is 9.41. The summed E-state index contributed by atoms with van der Waals surface area (Å²) >= 11 is 0. The lowest BCUT2D eigenvalue weighted by atomic mass is 10.0. The first-order valence-electron chi connectivity index (χ1n) is 6.13. The van der Waals surface area contributed by atoms with Gasteiger partial charge in [0, 0.05) is 10.9 Å². The second-order valence-corrected chi connectivity index (χ2v) is 4.43. The highest BCUT2D eigenvalue weighted by Gasteiger charge is 2.14. The molecule has 2 heterocycles. The van der Waals surface area contributed by atoms with E-state index in [2.05, 4.69) is 21.3 Å². The number of benzene rings is 1. The molecule has 0 bridgehead atoms. The zero-order valence-corrected chi connectivity index (χ0v) is 11.1. The molecule has 5 nitrogen and oxygen atoms in total. The van der Waals surface area contributed by atoms with Crippen LogP contribution in [0.5, 0.6) is 5.75 Å². The number of nitriles is 1. The highest BCUT2D eigenvalue weighted by molar-refractivity contribution is 5.85. The number of nitrogens with one attached hydrogen (secondary N) is 1. The summed E-state index contributed by atoms with van der Waals surface area (Å²) in [6.45, 7) is 1.91. The van der Waals surface area contributed by atoms with Gasteiger partial charge in [0.1, 0.15) is 11.8 Å². The number of rotatable bonds is 2. The number of ether oxygens (including phenoxy) is 1. The molecule has 3 aromatic rings. The van der Waals surface area contributed by atoms with Crippen LogP contribution in [0.15, 0.2) is 30.5 Å². The Morgan fingerprint density at radius 2 is 2.00 bits per heavy atom. The molecule has 0 fully saturated rings. The number of methoxy groups -OCH3 is 1. The Morgan fingerprint density at radius 1 is 1.25 bits per heavy atom. The van der Waals surface area contributed by atoms with Crippen LogP contribution in [0.1, 0.15) is 11.1 Å². The number of pyridine rings is 1. The van der Waals surface area contributed by atoms with E-state index in [1.807, 2.05) is 31.2 Å². The summed E-state index contributed by atoms with van der Waals surface area (Å²) in [5.41, 5.74) is 3.68. The van der Waals surface area contributed by atoms with Gasteiger partial charge in [-0.1, -0.05) is 0 Å². The molecule has 1 aromatic carbocycles. The Kier molecular flexibility index (Phi) is 2.84. The Labute approximate surface area is 115 Å². The summed E-state index contributed by atoms with van der Waals surface area (Å²) in [6.07, 6.45) is 1.69. The molecule has 3 rings (SSSR count). The van der Waals surface area contributed by atoms with Crippen LogP contribution < -0.4 is 4.74 Å². The predicted molar refractivity (Wildman–Crippen MR) is 75.3 cm³/mol. The van der Waals surface area contributed by atoms with Gasteiger partial charge >= 0.3 is 0 Å². The Balaban J connectivity index is 2.26. The molecule has 0 amide bonds. The first kappa shape index (κ1) is 12.2. The quantitative estimate of drug-likeness (QED) is 0.772. The highest BCUT2D eigenvalue weighted by Crippen LogP contribution is 2.29. The van der Waals surface area contributed by atoms with Gasteiger partial charge in [0.15, 0.2) is 5.65 Å². The van der Waals surface area contributed by atoms with E-state index in [1.165, 1.54) is 0 Å². The largest absolute Gasteiger partial charge is 0.497 e. The average molecular weight is 264 g/mol. The van der Waals surface area contributed by atoms with Crippen molar-refractivity contribution < 1.29 is 4.74 Å². The fourth-order valence-corrected chi connectivity index (χ4v) is 2.21. The van der Waals surface area contributed by atoms with E-state index in [-0.39, 0.29) is 0 Å². The molecule has 0 aliphatic heterocycles. The van der Waals surface area contributed by atoms with Crippen LogP contribution in [0.4, 0.5) is 0 Å². The first-order valence-corrected chi connectivity index (χ1v) is 6.13. The van der Waals surface area contributed by atoms with Gasteiger partial charge in [-0.3, -0.25) is 5.10 Å². The lowest BCUT2D eigenvalue weighted by molar-refractivity contribution is 0.415. The number of fused-ring (bicyclic) bond motifs is 1. The van der Waals surface area contributed by atoms with Crippen molar-refractivity contribution in [3.63, 3.8) is 0 Å². The van der Waals surface area contributed by atoms with Crippen molar-refractivity contribution in [3.05, 3.63) is 41.6 Å². The van der Waals surface area contributed by atoms with Gasteiger partial charge in [0.2, 0.25) is 0 Å². The minimum Gasteiger partial charge on any atom is -0.497 e. The molecule has 0 aliphatic rings. The molecular weight excluding hydrogens is 252 g/mol. The molecule has 0 saturated carbocycles. The number of aromatic amines is 1. The van der Waals surface area contributed by atoms with E-state index in [9.17, 15) is 5.26 Å². The van der Waals surface area contributed by atoms with E-state index in [1.54, 1.807) is 13.3 Å². The van der Waals surface area contributed by atoms with Gasteiger partial charge in [-0.15, -0.1) is 0 Å². The van der Waals surface area contributed by atoms with Crippen molar-refractivity contribution >= 4 is 11.0 Å². The van der Waals surface area contributed by atoms with Gasteiger partial charge in [0.05, 0.1) is 24.6 Å². The van der Waals surface area contributed by atoms with Crippen LogP contribution in [0.25, 0.3) is 22.3 Å². The highest BCUT2D eigenvalue weighted by atomic mass is 16.5. The van der Waals surface area contributed by atoms with Gasteiger partial charge in [-0.05, 0) is 36.8 Å². The number of nitrogens with zero attached hydrogens (tertiary/aromatic N) is 3. The fraction of sp³-hybridized carbons (Fsp3) is 0.133. The summed E-state index contributed by atoms with van der Waals surface area (Å²) in [5, 5.41) is 17.1. The van der Waals surface area contributed by atoms with Crippen molar-refractivity contribution in [1.29, 1.82) is 5.26 Å². The van der Waals surface area contributed by atoms with E-state index < -0.39 is 0 Å². The SMILES string of the molecule is COc1ccc(-c2nc3[nH]ncc3c(C)c2C#N)cc1. The second kappa shape index (κ2) is 4.67. The zero-order valence-electron chi connectivity index (χ0n) is 11.1. The molecule has 2 aromatic heterocycles. The molecule has 0 aliphatic carbocycles. The van der Waals surface area contributed by atoms with E-state index in [4.69, 9.17) is 4.74 Å². The number of aromatic nitrogens is 3. The standard InChI is InChI=1S/C15H12N4O/c1-9-12(7-16)14(18-15-13(9)8-17-19-15)10-3-5-11(20-2)6-4-10/h3-6,8H,1-2H3,(H,17,18,19). The third-order valence-corrected chi connectivity index (χ3v) is 3.33. The third kappa shape index (κ3) is 1.79. The third-order valence-electron chi connectivity index (χ3n) is 3.33. The molecular formula is C15H12N4O. The molecule has 0 radical (unpaired) electrons. The van der Waals surface area contributed by atoms with Crippen LogP contribution in [0.3, 0.4) is 0 Å². The summed E-state index contributed by atoms with van der Waals surface area (Å²) in [7, 11) is 1.62. The minimum atomic E-state index is 0.573. The molecule has 20 heavy (non-hydrogen) atoms. The summed E-state index contributed by atoms with van der Waals surface area (Å²) in [6, 6.07) is 9.73. The molecule has 0 atom stereocenters. The van der Waals surface area contributed by atoms with Crippen molar-refractivity contribution in [3.8, 4) is 23.1 Å². The number of hydrogen-bond donors (Lipinski definition) is 1.